The van der Waals surface area contributed by atoms with Gasteiger partial charge in [0, 0.05) is 62.2 Å². The lowest BCUT2D eigenvalue weighted by Gasteiger charge is -2.41. The molecule has 0 unspecified atom stereocenters. The second-order valence-electron chi connectivity index (χ2n) is 9.74. The van der Waals surface area contributed by atoms with Crippen LogP contribution >= 0.6 is 0 Å². The van der Waals surface area contributed by atoms with Crippen molar-refractivity contribution in [2.45, 2.75) is 39.2 Å². The number of aryl methyl sites for hydroxylation is 2. The first-order valence-electron chi connectivity index (χ1n) is 11.3. The summed E-state index contributed by atoms with van der Waals surface area (Å²) >= 11 is 0. The minimum Gasteiger partial charge on any atom is -0.350 e. The predicted octanol–water partition coefficient (Wildman–Crippen LogP) is 2.86. The van der Waals surface area contributed by atoms with E-state index in [0.29, 0.717) is 5.92 Å². The SMILES string of the molecule is Cc1nc([C@@]23CCN(Cc4cn(C)c5ccccc45)C[C@@H]2CN(C(=O)C(C)C)C3)n[nH]1. The molecule has 31 heavy (non-hydrogen) atoms. The topological polar surface area (TPSA) is 70.1 Å². The molecule has 5 rings (SSSR count). The molecule has 1 aromatic carbocycles. The third kappa shape index (κ3) is 3.35. The maximum atomic E-state index is 12.8. The molecule has 0 spiro atoms. The fraction of sp³-hybridized carbons (Fsp3) is 0.542. The molecule has 1 N–H and O–H groups in total. The van der Waals surface area contributed by atoms with Gasteiger partial charge in [-0.05, 0) is 31.5 Å². The van der Waals surface area contributed by atoms with E-state index in [1.807, 2.05) is 20.8 Å². The number of rotatable bonds is 4. The Balaban J connectivity index is 1.42. The van der Waals surface area contributed by atoms with Crippen molar-refractivity contribution in [3.05, 3.63) is 47.7 Å². The molecular weight excluding hydrogens is 388 g/mol. The van der Waals surface area contributed by atoms with Crippen molar-refractivity contribution < 1.29 is 4.79 Å². The highest BCUT2D eigenvalue weighted by Crippen LogP contribution is 2.44. The van der Waals surface area contributed by atoms with E-state index in [9.17, 15) is 4.79 Å². The number of hydrogen-bond acceptors (Lipinski definition) is 4. The number of fused-ring (bicyclic) bond motifs is 2. The van der Waals surface area contributed by atoms with Crippen molar-refractivity contribution >= 4 is 16.8 Å². The van der Waals surface area contributed by atoms with Crippen LogP contribution in [0.2, 0.25) is 0 Å². The molecule has 2 aliphatic heterocycles. The van der Waals surface area contributed by atoms with E-state index >= 15 is 0 Å². The minimum absolute atomic E-state index is 0.0119. The van der Waals surface area contributed by atoms with Crippen LogP contribution in [0.5, 0.6) is 0 Å². The van der Waals surface area contributed by atoms with Crippen LogP contribution in [0.15, 0.2) is 30.5 Å². The summed E-state index contributed by atoms with van der Waals surface area (Å²) in [6, 6.07) is 8.61. The highest BCUT2D eigenvalue weighted by Gasteiger charge is 2.54. The van der Waals surface area contributed by atoms with Crippen LogP contribution in [-0.4, -0.2) is 61.6 Å². The number of benzene rings is 1. The molecule has 4 heterocycles. The summed E-state index contributed by atoms with van der Waals surface area (Å²) in [5, 5.41) is 8.93. The molecule has 164 valence electrons. The van der Waals surface area contributed by atoms with Gasteiger partial charge >= 0.3 is 0 Å². The van der Waals surface area contributed by atoms with Crippen LogP contribution in [0.4, 0.5) is 0 Å². The highest BCUT2D eigenvalue weighted by molar-refractivity contribution is 5.83. The van der Waals surface area contributed by atoms with Crippen molar-refractivity contribution in [3.63, 3.8) is 0 Å². The Bertz CT molecular complexity index is 1110. The van der Waals surface area contributed by atoms with Crippen LogP contribution in [0.3, 0.4) is 0 Å². The van der Waals surface area contributed by atoms with Gasteiger partial charge in [0.15, 0.2) is 5.82 Å². The number of nitrogens with one attached hydrogen (secondary N) is 1. The van der Waals surface area contributed by atoms with E-state index in [2.05, 4.69) is 62.1 Å². The quantitative estimate of drug-likeness (QED) is 0.705. The molecular formula is C24H32N6O. The van der Waals surface area contributed by atoms with E-state index in [4.69, 9.17) is 4.98 Å². The van der Waals surface area contributed by atoms with Crippen molar-refractivity contribution in [2.24, 2.45) is 18.9 Å². The van der Waals surface area contributed by atoms with Gasteiger partial charge in [0.2, 0.25) is 5.91 Å². The van der Waals surface area contributed by atoms with Gasteiger partial charge < -0.3 is 9.47 Å². The van der Waals surface area contributed by atoms with Gasteiger partial charge in [0.05, 0.1) is 5.41 Å². The van der Waals surface area contributed by atoms with Crippen molar-refractivity contribution in [3.8, 4) is 0 Å². The average Bonchev–Trinajstić information content (AvgIpc) is 3.44. The molecule has 2 aromatic heterocycles. The Labute approximate surface area is 183 Å². The standard InChI is InChI=1S/C24H32N6O/c1-16(2)22(31)30-14-19-13-29(10-9-24(19,15-30)23-25-17(3)26-27-23)12-18-11-28(4)21-8-6-5-7-20(18)21/h5-8,11,16,19H,9-10,12-15H2,1-4H3,(H,25,26,27)/t19-,24-/m1/s1. The monoisotopic (exact) mass is 420 g/mol. The normalized spacial score (nSPS) is 24.3. The van der Waals surface area contributed by atoms with Crippen molar-refractivity contribution in [1.82, 2.24) is 29.5 Å². The van der Waals surface area contributed by atoms with Crippen molar-refractivity contribution in [1.29, 1.82) is 0 Å². The minimum atomic E-state index is -0.148. The summed E-state index contributed by atoms with van der Waals surface area (Å²) in [5.74, 6) is 2.32. The van der Waals surface area contributed by atoms with Crippen LogP contribution in [0.25, 0.3) is 10.9 Å². The number of H-pyrrole nitrogens is 1. The Morgan fingerprint density at radius 2 is 2.10 bits per heavy atom. The number of para-hydroxylation sites is 1. The Hall–Kier alpha value is -2.67. The molecule has 2 saturated heterocycles. The maximum Gasteiger partial charge on any atom is 0.225 e. The number of piperidine rings is 1. The van der Waals surface area contributed by atoms with Gasteiger partial charge in [-0.25, -0.2) is 4.98 Å². The highest BCUT2D eigenvalue weighted by atomic mass is 16.2. The first kappa shape index (κ1) is 20.2. The van der Waals surface area contributed by atoms with E-state index in [1.165, 1.54) is 16.5 Å². The number of likely N-dealkylation sites (tertiary alicyclic amines) is 2. The van der Waals surface area contributed by atoms with Gasteiger partial charge in [-0.1, -0.05) is 32.0 Å². The first-order valence-corrected chi connectivity index (χ1v) is 11.3. The molecule has 0 radical (unpaired) electrons. The van der Waals surface area contributed by atoms with Crippen LogP contribution in [0, 0.1) is 18.8 Å². The molecule has 0 aliphatic carbocycles. The number of carbonyl (C=O) groups excluding carboxylic acids is 1. The summed E-state index contributed by atoms with van der Waals surface area (Å²) in [5.41, 5.74) is 2.49. The Kier molecular flexibility index (Phi) is 4.88. The van der Waals surface area contributed by atoms with Crippen LogP contribution in [0.1, 0.15) is 37.5 Å². The van der Waals surface area contributed by atoms with Crippen LogP contribution < -0.4 is 0 Å². The fourth-order valence-electron chi connectivity index (χ4n) is 5.65. The predicted molar refractivity (Wildman–Crippen MR) is 121 cm³/mol. The van der Waals surface area contributed by atoms with E-state index in [0.717, 1.165) is 50.8 Å². The summed E-state index contributed by atoms with van der Waals surface area (Å²) < 4.78 is 2.22. The van der Waals surface area contributed by atoms with E-state index in [-0.39, 0.29) is 17.2 Å². The zero-order valence-electron chi connectivity index (χ0n) is 18.9. The van der Waals surface area contributed by atoms with Crippen molar-refractivity contribution in [2.75, 3.05) is 26.2 Å². The van der Waals surface area contributed by atoms with Crippen LogP contribution in [-0.2, 0) is 23.8 Å². The molecule has 0 saturated carbocycles. The summed E-state index contributed by atoms with van der Waals surface area (Å²) in [7, 11) is 2.12. The number of nitrogens with zero attached hydrogens (tertiary/aromatic N) is 5. The largest absolute Gasteiger partial charge is 0.350 e. The molecule has 2 aliphatic rings. The number of carbonyl (C=O) groups is 1. The van der Waals surface area contributed by atoms with E-state index < -0.39 is 0 Å². The third-order valence-corrected chi connectivity index (χ3v) is 7.27. The second-order valence-corrected chi connectivity index (χ2v) is 9.74. The lowest BCUT2D eigenvalue weighted by molar-refractivity contribution is -0.133. The molecule has 7 nitrogen and oxygen atoms in total. The van der Waals surface area contributed by atoms with Gasteiger partial charge in [0.25, 0.3) is 0 Å². The lowest BCUT2D eigenvalue weighted by atomic mass is 9.72. The second kappa shape index (κ2) is 7.48. The molecule has 3 aromatic rings. The number of aromatic nitrogens is 4. The summed E-state index contributed by atoms with van der Waals surface area (Å²) in [6.45, 7) is 10.3. The van der Waals surface area contributed by atoms with Gasteiger partial charge in [-0.3, -0.25) is 14.8 Å². The zero-order valence-corrected chi connectivity index (χ0v) is 18.9. The molecule has 1 amide bonds. The van der Waals surface area contributed by atoms with Gasteiger partial charge in [0.1, 0.15) is 5.82 Å². The number of aromatic amines is 1. The fourth-order valence-corrected chi connectivity index (χ4v) is 5.65. The molecule has 2 atom stereocenters. The Morgan fingerprint density at radius 1 is 1.29 bits per heavy atom. The molecule has 7 heteroatoms. The molecule has 0 bridgehead atoms. The first-order chi connectivity index (χ1) is 14.9. The summed E-state index contributed by atoms with van der Waals surface area (Å²) in [6.07, 6.45) is 3.23. The van der Waals surface area contributed by atoms with Gasteiger partial charge in [-0.2, -0.15) is 5.10 Å². The number of hydrogen-bond donors (Lipinski definition) is 1. The zero-order chi connectivity index (χ0) is 21.8. The molecule has 2 fully saturated rings. The summed E-state index contributed by atoms with van der Waals surface area (Å²) in [4.78, 5) is 22.2. The number of amides is 1. The maximum absolute atomic E-state index is 12.8. The lowest BCUT2D eigenvalue weighted by Crippen LogP contribution is -2.49. The van der Waals surface area contributed by atoms with Gasteiger partial charge in [-0.15, -0.1) is 0 Å². The third-order valence-electron chi connectivity index (χ3n) is 7.27. The Morgan fingerprint density at radius 3 is 2.84 bits per heavy atom. The average molecular weight is 421 g/mol. The van der Waals surface area contributed by atoms with E-state index in [1.54, 1.807) is 0 Å². The smallest absolute Gasteiger partial charge is 0.225 e.